The lowest BCUT2D eigenvalue weighted by atomic mass is 9.97. The Morgan fingerprint density at radius 2 is 1.88 bits per heavy atom. The molecule has 1 N–H and O–H groups in total. The second kappa shape index (κ2) is 9.14. The van der Waals surface area contributed by atoms with Crippen LogP contribution in [0, 0.1) is 19.7 Å². The number of methoxy groups -OCH3 is 1. The average molecular weight is 479 g/mol. The van der Waals surface area contributed by atoms with Gasteiger partial charge in [0.15, 0.2) is 5.01 Å². The summed E-state index contributed by atoms with van der Waals surface area (Å²) in [5.41, 5.74) is 1.10. The van der Waals surface area contributed by atoms with Gasteiger partial charge in [0, 0.05) is 31.5 Å². The molecule has 0 unspecified atom stereocenters. The Morgan fingerprint density at radius 3 is 2.52 bits per heavy atom. The molecule has 0 saturated heterocycles. The number of nitrogens with zero attached hydrogens (tertiary/aromatic N) is 4. The lowest BCUT2D eigenvalue weighted by Gasteiger charge is -2.17. The van der Waals surface area contributed by atoms with E-state index in [0.29, 0.717) is 22.6 Å². The van der Waals surface area contributed by atoms with Gasteiger partial charge in [-0.05, 0) is 31.5 Å². The van der Waals surface area contributed by atoms with Crippen molar-refractivity contribution < 1.29 is 27.5 Å². The second-order valence-corrected chi connectivity index (χ2v) is 8.26. The number of hydrogen-bond acceptors (Lipinski definition) is 7. The van der Waals surface area contributed by atoms with Crippen LogP contribution in [0.1, 0.15) is 26.6 Å². The van der Waals surface area contributed by atoms with Gasteiger partial charge in [-0.25, -0.2) is 4.39 Å². The lowest BCUT2D eigenvalue weighted by Crippen LogP contribution is -2.37. The fraction of sp³-hybridized carbons (Fsp3) is 0.286. The molecular weight excluding hydrogens is 459 g/mol. The molecule has 1 aromatic carbocycles. The first kappa shape index (κ1) is 24.1. The van der Waals surface area contributed by atoms with Crippen molar-refractivity contribution in [2.24, 2.45) is 0 Å². The van der Waals surface area contributed by atoms with E-state index < -0.39 is 28.6 Å². The first-order valence-electron chi connectivity index (χ1n) is 9.52. The van der Waals surface area contributed by atoms with Crippen molar-refractivity contribution in [2.75, 3.05) is 26.5 Å². The van der Waals surface area contributed by atoms with Gasteiger partial charge in [-0.15, -0.1) is 10.2 Å². The highest BCUT2D eigenvalue weighted by Crippen LogP contribution is 2.37. The van der Waals surface area contributed by atoms with E-state index in [4.69, 9.17) is 4.74 Å². The molecule has 0 aliphatic carbocycles. The Bertz CT molecular complexity index is 1230. The first-order valence-corrected chi connectivity index (χ1v) is 10.3. The number of rotatable bonds is 6. The number of carbonyl (C=O) groups is 2. The number of ether oxygens (including phenoxy) is 1. The molecule has 174 valence electrons. The molecule has 3 aromatic rings. The molecule has 2 amide bonds. The van der Waals surface area contributed by atoms with E-state index in [1.807, 2.05) is 0 Å². The molecule has 0 aliphatic rings. The highest BCUT2D eigenvalue weighted by molar-refractivity contribution is 7.15. The SMILES string of the molecule is COc1ccc(C)c(F)c1-c1cc(C)ncc1C(=O)Nc1nnc(C(F)(F)C(=O)N(C)C)s1. The van der Waals surface area contributed by atoms with Gasteiger partial charge in [0.25, 0.3) is 11.8 Å². The van der Waals surface area contributed by atoms with Crippen molar-refractivity contribution in [3.05, 3.63) is 52.0 Å². The normalized spacial score (nSPS) is 11.3. The summed E-state index contributed by atoms with van der Waals surface area (Å²) < 4.78 is 48.9. The number of aromatic nitrogens is 3. The van der Waals surface area contributed by atoms with Crippen molar-refractivity contribution in [3.8, 4) is 16.9 Å². The van der Waals surface area contributed by atoms with Crippen LogP contribution in [0.3, 0.4) is 0 Å². The number of halogens is 3. The monoisotopic (exact) mass is 479 g/mol. The van der Waals surface area contributed by atoms with E-state index in [-0.39, 0.29) is 27.6 Å². The van der Waals surface area contributed by atoms with Crippen LogP contribution in [-0.2, 0) is 10.7 Å². The van der Waals surface area contributed by atoms with Gasteiger partial charge in [-0.3, -0.25) is 19.9 Å². The zero-order valence-corrected chi connectivity index (χ0v) is 19.2. The molecule has 0 spiro atoms. The van der Waals surface area contributed by atoms with Crippen LogP contribution < -0.4 is 10.1 Å². The predicted molar refractivity (Wildman–Crippen MR) is 116 cm³/mol. The van der Waals surface area contributed by atoms with E-state index in [2.05, 4.69) is 20.5 Å². The molecule has 0 aliphatic heterocycles. The van der Waals surface area contributed by atoms with Crippen LogP contribution in [0.15, 0.2) is 24.4 Å². The number of amides is 2. The van der Waals surface area contributed by atoms with Crippen LogP contribution in [-0.4, -0.2) is 53.1 Å². The second-order valence-electron chi connectivity index (χ2n) is 7.29. The fourth-order valence-corrected chi connectivity index (χ4v) is 3.67. The van der Waals surface area contributed by atoms with Gasteiger partial charge in [-0.1, -0.05) is 17.4 Å². The van der Waals surface area contributed by atoms with Crippen LogP contribution >= 0.6 is 11.3 Å². The summed E-state index contributed by atoms with van der Waals surface area (Å²) in [5, 5.41) is 8.12. The number of benzene rings is 1. The lowest BCUT2D eigenvalue weighted by molar-refractivity contribution is -0.156. The molecule has 3 rings (SSSR count). The van der Waals surface area contributed by atoms with E-state index >= 15 is 4.39 Å². The number of anilines is 1. The average Bonchev–Trinajstić information content (AvgIpc) is 3.24. The molecule has 2 heterocycles. The van der Waals surface area contributed by atoms with E-state index in [0.717, 1.165) is 4.90 Å². The predicted octanol–water partition coefficient (Wildman–Crippen LogP) is 3.80. The molecule has 0 bridgehead atoms. The van der Waals surface area contributed by atoms with E-state index in [1.165, 1.54) is 33.5 Å². The summed E-state index contributed by atoms with van der Waals surface area (Å²) in [4.78, 5) is 29.5. The fourth-order valence-electron chi connectivity index (χ4n) is 2.97. The number of alkyl halides is 2. The van der Waals surface area contributed by atoms with Crippen molar-refractivity contribution in [1.82, 2.24) is 20.1 Å². The minimum atomic E-state index is -3.90. The summed E-state index contributed by atoms with van der Waals surface area (Å²) in [6.45, 7) is 3.25. The minimum Gasteiger partial charge on any atom is -0.496 e. The van der Waals surface area contributed by atoms with Crippen molar-refractivity contribution >= 4 is 28.3 Å². The largest absolute Gasteiger partial charge is 0.496 e. The van der Waals surface area contributed by atoms with Crippen molar-refractivity contribution in [3.63, 3.8) is 0 Å². The number of pyridine rings is 1. The third-order valence-electron chi connectivity index (χ3n) is 4.66. The third-order valence-corrected chi connectivity index (χ3v) is 5.57. The molecular formula is C21H20F3N5O3S. The molecule has 8 nitrogen and oxygen atoms in total. The molecule has 0 fully saturated rings. The molecule has 2 aromatic heterocycles. The van der Waals surface area contributed by atoms with Gasteiger partial charge < -0.3 is 9.64 Å². The third kappa shape index (κ3) is 4.65. The summed E-state index contributed by atoms with van der Waals surface area (Å²) in [6.07, 6.45) is 1.24. The maximum Gasteiger partial charge on any atom is 0.377 e. The Kier molecular flexibility index (Phi) is 6.68. The number of aryl methyl sites for hydroxylation is 2. The van der Waals surface area contributed by atoms with Crippen LogP contribution in [0.5, 0.6) is 5.75 Å². The maximum atomic E-state index is 15.0. The topological polar surface area (TPSA) is 97.3 Å². The summed E-state index contributed by atoms with van der Waals surface area (Å²) in [7, 11) is 3.74. The van der Waals surface area contributed by atoms with Gasteiger partial charge in [0.2, 0.25) is 5.13 Å². The molecule has 0 saturated carbocycles. The smallest absolute Gasteiger partial charge is 0.377 e. The van der Waals surface area contributed by atoms with E-state index in [1.54, 1.807) is 26.0 Å². The zero-order valence-electron chi connectivity index (χ0n) is 18.4. The zero-order chi connectivity index (χ0) is 24.5. The minimum absolute atomic E-state index is 0.0312. The quantitative estimate of drug-likeness (QED) is 0.578. The van der Waals surface area contributed by atoms with Gasteiger partial charge in [0.1, 0.15) is 11.6 Å². The Morgan fingerprint density at radius 1 is 1.18 bits per heavy atom. The van der Waals surface area contributed by atoms with Crippen LogP contribution in [0.25, 0.3) is 11.1 Å². The molecule has 12 heteroatoms. The number of carbonyl (C=O) groups excluding carboxylic acids is 2. The molecule has 0 radical (unpaired) electrons. The molecule has 33 heavy (non-hydrogen) atoms. The first-order chi connectivity index (χ1) is 15.5. The van der Waals surface area contributed by atoms with Crippen LogP contribution in [0.2, 0.25) is 0 Å². The Balaban J connectivity index is 2.00. The van der Waals surface area contributed by atoms with Crippen LogP contribution in [0.4, 0.5) is 18.3 Å². The van der Waals surface area contributed by atoms with Gasteiger partial charge in [-0.2, -0.15) is 8.78 Å². The highest BCUT2D eigenvalue weighted by atomic mass is 32.1. The maximum absolute atomic E-state index is 15.0. The Labute approximate surface area is 191 Å². The van der Waals surface area contributed by atoms with Gasteiger partial charge >= 0.3 is 5.92 Å². The number of nitrogens with one attached hydrogen (secondary N) is 1. The standard InChI is InChI=1S/C21H20F3N5O3S/c1-10-6-7-14(32-5)15(16(10)22)12-8-11(2)25-9-13(12)17(30)26-20-28-27-18(33-20)21(23,24)19(31)29(3)4/h6-9H,1-5H3,(H,26,28,30). The summed E-state index contributed by atoms with van der Waals surface area (Å²) >= 11 is 0.356. The Hall–Kier alpha value is -3.54. The summed E-state index contributed by atoms with van der Waals surface area (Å²) in [5.74, 6) is -6.51. The van der Waals surface area contributed by atoms with Crippen molar-refractivity contribution in [1.29, 1.82) is 0 Å². The van der Waals surface area contributed by atoms with Crippen molar-refractivity contribution in [2.45, 2.75) is 19.8 Å². The molecule has 0 atom stereocenters. The van der Waals surface area contributed by atoms with Gasteiger partial charge in [0.05, 0.1) is 18.2 Å². The van der Waals surface area contributed by atoms with E-state index in [9.17, 15) is 18.4 Å². The number of likely N-dealkylation sites (N-methyl/N-ethyl adjacent to an activating group) is 1. The number of hydrogen-bond donors (Lipinski definition) is 1. The summed E-state index contributed by atoms with van der Waals surface area (Å²) in [6, 6.07) is 4.64. The highest BCUT2D eigenvalue weighted by Gasteiger charge is 2.46.